The predicted molar refractivity (Wildman–Crippen MR) is 127 cm³/mol. The van der Waals surface area contributed by atoms with Crippen LogP contribution in [-0.2, 0) is 15.4 Å². The molecule has 2 aromatic carbocycles. The molecule has 0 spiro atoms. The summed E-state index contributed by atoms with van der Waals surface area (Å²) in [6.45, 7) is 9.75. The molecular formula is C25H29N3O3S. The molecule has 3 rings (SSSR count). The van der Waals surface area contributed by atoms with E-state index in [1.54, 1.807) is 43.6 Å². The monoisotopic (exact) mass is 451 g/mol. The van der Waals surface area contributed by atoms with Crippen molar-refractivity contribution < 1.29 is 13.2 Å². The van der Waals surface area contributed by atoms with Crippen LogP contribution in [0.1, 0.15) is 60.8 Å². The maximum atomic E-state index is 13.1. The Balaban J connectivity index is 1.82. The van der Waals surface area contributed by atoms with E-state index in [0.29, 0.717) is 16.8 Å². The second-order valence-corrected chi connectivity index (χ2v) is 10.5. The van der Waals surface area contributed by atoms with Gasteiger partial charge in [-0.25, -0.2) is 8.42 Å². The zero-order valence-electron chi connectivity index (χ0n) is 19.0. The quantitative estimate of drug-likeness (QED) is 0.553. The molecule has 1 heterocycles. The number of aryl methyl sites for hydroxylation is 1. The number of amides is 1. The van der Waals surface area contributed by atoms with E-state index < -0.39 is 10.0 Å². The Morgan fingerprint density at radius 3 is 2.44 bits per heavy atom. The van der Waals surface area contributed by atoms with E-state index >= 15 is 0 Å². The van der Waals surface area contributed by atoms with Crippen molar-refractivity contribution in [2.75, 3.05) is 4.72 Å². The molecular weight excluding hydrogens is 422 g/mol. The Kier molecular flexibility index (Phi) is 6.69. The summed E-state index contributed by atoms with van der Waals surface area (Å²) in [5, 5.41) is 2.91. The van der Waals surface area contributed by atoms with E-state index in [1.807, 2.05) is 52.0 Å². The zero-order chi connectivity index (χ0) is 23.5. The van der Waals surface area contributed by atoms with Gasteiger partial charge in [-0.05, 0) is 66.3 Å². The number of benzene rings is 2. The normalized spacial score (nSPS) is 12.8. The van der Waals surface area contributed by atoms with Gasteiger partial charge in [0.25, 0.3) is 15.9 Å². The maximum Gasteiger partial charge on any atom is 0.262 e. The van der Waals surface area contributed by atoms with E-state index in [2.05, 4.69) is 15.0 Å². The number of carbonyl (C=O) groups excluding carboxylic acids is 1. The number of carbonyl (C=O) groups is 1. The number of hydrogen-bond donors (Lipinski definition) is 2. The van der Waals surface area contributed by atoms with Gasteiger partial charge >= 0.3 is 0 Å². The van der Waals surface area contributed by atoms with Crippen LogP contribution in [0.2, 0.25) is 0 Å². The van der Waals surface area contributed by atoms with Gasteiger partial charge < -0.3 is 5.32 Å². The highest BCUT2D eigenvalue weighted by molar-refractivity contribution is 7.92. The van der Waals surface area contributed by atoms with Crippen molar-refractivity contribution in [2.24, 2.45) is 0 Å². The largest absolute Gasteiger partial charge is 0.345 e. The molecule has 0 saturated heterocycles. The number of sulfonamides is 1. The zero-order valence-corrected chi connectivity index (χ0v) is 19.8. The van der Waals surface area contributed by atoms with Crippen LogP contribution in [0.5, 0.6) is 0 Å². The average Bonchev–Trinajstić information content (AvgIpc) is 2.73. The third-order valence-electron chi connectivity index (χ3n) is 5.25. The minimum absolute atomic E-state index is 0.180. The second kappa shape index (κ2) is 9.12. The highest BCUT2D eigenvalue weighted by Gasteiger charge is 2.22. The van der Waals surface area contributed by atoms with Gasteiger partial charge in [-0.2, -0.15) is 0 Å². The van der Waals surface area contributed by atoms with Crippen molar-refractivity contribution in [1.82, 2.24) is 10.3 Å². The lowest BCUT2D eigenvalue weighted by Crippen LogP contribution is -2.26. The number of rotatable bonds is 6. The fourth-order valence-corrected chi connectivity index (χ4v) is 4.61. The van der Waals surface area contributed by atoms with Gasteiger partial charge in [0.05, 0.1) is 10.9 Å². The lowest BCUT2D eigenvalue weighted by atomic mass is 9.87. The summed E-state index contributed by atoms with van der Waals surface area (Å²) in [7, 11) is -3.83. The number of nitrogens with zero attached hydrogens (tertiary/aromatic N) is 1. The lowest BCUT2D eigenvalue weighted by Gasteiger charge is -2.21. The van der Waals surface area contributed by atoms with E-state index in [-0.39, 0.29) is 22.3 Å². The van der Waals surface area contributed by atoms with E-state index in [9.17, 15) is 13.2 Å². The number of pyridine rings is 1. The molecule has 0 saturated carbocycles. The first-order valence-corrected chi connectivity index (χ1v) is 11.9. The van der Waals surface area contributed by atoms with E-state index in [1.165, 1.54) is 6.07 Å². The summed E-state index contributed by atoms with van der Waals surface area (Å²) in [6, 6.07) is 15.4. The molecule has 6 nitrogen and oxygen atoms in total. The van der Waals surface area contributed by atoms with Crippen LogP contribution in [-0.4, -0.2) is 19.3 Å². The first-order valence-electron chi connectivity index (χ1n) is 10.4. The number of anilines is 1. The maximum absolute atomic E-state index is 13.1. The van der Waals surface area contributed by atoms with Crippen LogP contribution in [0, 0.1) is 6.92 Å². The molecule has 1 atom stereocenters. The average molecular weight is 452 g/mol. The molecule has 0 aliphatic heterocycles. The third-order valence-corrected chi connectivity index (χ3v) is 6.78. The van der Waals surface area contributed by atoms with E-state index in [4.69, 9.17) is 0 Å². The van der Waals surface area contributed by atoms with Crippen LogP contribution < -0.4 is 10.0 Å². The summed E-state index contributed by atoms with van der Waals surface area (Å²) >= 11 is 0. The van der Waals surface area contributed by atoms with Gasteiger partial charge in [0.2, 0.25) is 0 Å². The molecule has 32 heavy (non-hydrogen) atoms. The van der Waals surface area contributed by atoms with Gasteiger partial charge in [-0.15, -0.1) is 0 Å². The van der Waals surface area contributed by atoms with Crippen molar-refractivity contribution in [3.8, 4) is 0 Å². The van der Waals surface area contributed by atoms with Crippen molar-refractivity contribution in [1.29, 1.82) is 0 Å². The summed E-state index contributed by atoms with van der Waals surface area (Å²) in [6.07, 6.45) is 3.37. The molecule has 0 aliphatic rings. The van der Waals surface area contributed by atoms with Gasteiger partial charge in [-0.1, -0.05) is 45.0 Å². The number of hydrogen-bond acceptors (Lipinski definition) is 4. The van der Waals surface area contributed by atoms with Crippen LogP contribution in [0.25, 0.3) is 0 Å². The fraction of sp³-hybridized carbons (Fsp3) is 0.280. The number of aromatic nitrogens is 1. The summed E-state index contributed by atoms with van der Waals surface area (Å²) < 4.78 is 28.9. The molecule has 168 valence electrons. The standard InChI is InChI=1S/C25H29N3O3S/c1-17-11-12-21(25(3,4)5)15-23(17)32(30,31)28-22-10-6-8-19(14-22)24(29)27-18(2)20-9-7-13-26-16-20/h6-16,18,28H,1-5H3,(H,27,29)/t18-/m1/s1. The Morgan fingerprint density at radius 2 is 1.78 bits per heavy atom. The molecule has 0 bridgehead atoms. The molecule has 2 N–H and O–H groups in total. The van der Waals surface area contributed by atoms with Gasteiger partial charge in [0, 0.05) is 23.6 Å². The topological polar surface area (TPSA) is 88.2 Å². The van der Waals surface area contributed by atoms with Gasteiger partial charge in [0.1, 0.15) is 0 Å². The Hall–Kier alpha value is -3.19. The lowest BCUT2D eigenvalue weighted by molar-refractivity contribution is 0.0940. The molecule has 7 heteroatoms. The predicted octanol–water partition coefficient (Wildman–Crippen LogP) is 4.98. The summed E-state index contributed by atoms with van der Waals surface area (Å²) in [4.78, 5) is 17.0. The molecule has 1 aromatic heterocycles. The minimum atomic E-state index is -3.83. The van der Waals surface area contributed by atoms with Crippen molar-refractivity contribution in [3.05, 3.63) is 89.2 Å². The minimum Gasteiger partial charge on any atom is -0.345 e. The van der Waals surface area contributed by atoms with Gasteiger partial charge in [-0.3, -0.25) is 14.5 Å². The Labute approximate surface area is 190 Å². The first-order chi connectivity index (χ1) is 15.0. The van der Waals surface area contributed by atoms with Crippen LogP contribution in [0.15, 0.2) is 71.9 Å². The fourth-order valence-electron chi connectivity index (χ4n) is 3.29. The summed E-state index contributed by atoms with van der Waals surface area (Å²) in [5.74, 6) is -0.298. The Morgan fingerprint density at radius 1 is 1.03 bits per heavy atom. The molecule has 3 aromatic rings. The smallest absolute Gasteiger partial charge is 0.262 e. The van der Waals surface area contributed by atoms with Crippen molar-refractivity contribution in [3.63, 3.8) is 0 Å². The van der Waals surface area contributed by atoms with E-state index in [0.717, 1.165) is 11.1 Å². The second-order valence-electron chi connectivity index (χ2n) is 8.90. The summed E-state index contributed by atoms with van der Waals surface area (Å²) in [5.41, 5.74) is 2.98. The van der Waals surface area contributed by atoms with Crippen LogP contribution >= 0.6 is 0 Å². The molecule has 1 amide bonds. The number of nitrogens with one attached hydrogen (secondary N) is 2. The van der Waals surface area contributed by atoms with Gasteiger partial charge in [0.15, 0.2) is 0 Å². The van der Waals surface area contributed by atoms with Crippen LogP contribution in [0.4, 0.5) is 5.69 Å². The Bertz CT molecular complexity index is 1220. The molecule has 0 aliphatic carbocycles. The SMILES string of the molecule is Cc1ccc(C(C)(C)C)cc1S(=O)(=O)Nc1cccc(C(=O)N[C@H](C)c2cccnc2)c1. The third kappa shape index (κ3) is 5.53. The highest BCUT2D eigenvalue weighted by Crippen LogP contribution is 2.28. The molecule has 0 fully saturated rings. The molecule has 0 unspecified atom stereocenters. The highest BCUT2D eigenvalue weighted by atomic mass is 32.2. The first kappa shape index (κ1) is 23.5. The molecule has 0 radical (unpaired) electrons. The van der Waals surface area contributed by atoms with Crippen molar-refractivity contribution in [2.45, 2.75) is 51.0 Å². The van der Waals surface area contributed by atoms with Crippen LogP contribution in [0.3, 0.4) is 0 Å². The van der Waals surface area contributed by atoms with Crippen molar-refractivity contribution >= 4 is 21.6 Å².